The molecule has 0 spiro atoms. The molecule has 0 aliphatic rings. The van der Waals surface area contributed by atoms with Gasteiger partial charge in [0.2, 0.25) is 5.91 Å². The van der Waals surface area contributed by atoms with Gasteiger partial charge in [-0.3, -0.25) is 9.63 Å². The van der Waals surface area contributed by atoms with Crippen LogP contribution in [0, 0.1) is 6.92 Å². The first kappa shape index (κ1) is 14.4. The van der Waals surface area contributed by atoms with Crippen molar-refractivity contribution in [1.29, 1.82) is 0 Å². The van der Waals surface area contributed by atoms with E-state index in [0.29, 0.717) is 0 Å². The Labute approximate surface area is 112 Å². The number of hydroxylamine groups is 1. The van der Waals surface area contributed by atoms with E-state index in [9.17, 15) is 18.0 Å². The molecule has 0 atom stereocenters. The van der Waals surface area contributed by atoms with E-state index in [1.165, 1.54) is 0 Å². The van der Waals surface area contributed by atoms with E-state index in [1.54, 1.807) is 12.4 Å². The van der Waals surface area contributed by atoms with Crippen molar-refractivity contribution in [3.63, 3.8) is 0 Å². The van der Waals surface area contributed by atoms with Gasteiger partial charge in [0.25, 0.3) is 0 Å². The van der Waals surface area contributed by atoms with Crippen molar-refractivity contribution in [1.82, 2.24) is 10.5 Å². The highest BCUT2D eigenvalue weighted by molar-refractivity contribution is 5.89. The Morgan fingerprint density at radius 3 is 2.75 bits per heavy atom. The molecule has 20 heavy (non-hydrogen) atoms. The topological polar surface area (TPSA) is 54.1 Å². The summed E-state index contributed by atoms with van der Waals surface area (Å²) in [6, 6.07) is 7.40. The quantitative estimate of drug-likeness (QED) is 0.849. The maximum absolute atomic E-state index is 11.9. The molecule has 1 aromatic heterocycles. The van der Waals surface area contributed by atoms with Crippen LogP contribution in [-0.4, -0.2) is 23.7 Å². The lowest BCUT2D eigenvalue weighted by molar-refractivity contribution is -0.191. The molecule has 1 aromatic carbocycles. The molecule has 2 aromatic rings. The number of aromatic nitrogens is 1. The van der Waals surface area contributed by atoms with Crippen LogP contribution in [0.5, 0.6) is 0 Å². The van der Waals surface area contributed by atoms with Crippen LogP contribution in [0.3, 0.4) is 0 Å². The van der Waals surface area contributed by atoms with Crippen LogP contribution in [0.2, 0.25) is 0 Å². The summed E-state index contributed by atoms with van der Waals surface area (Å²) < 4.78 is 35.6. The summed E-state index contributed by atoms with van der Waals surface area (Å²) in [5.41, 5.74) is 4.22. The summed E-state index contributed by atoms with van der Waals surface area (Å²) in [4.78, 5) is 18.8. The smallest absolute Gasteiger partial charge is 0.358 e. The molecule has 0 aliphatic carbocycles. The van der Waals surface area contributed by atoms with Gasteiger partial charge in [0.1, 0.15) is 0 Å². The van der Waals surface area contributed by atoms with E-state index in [0.717, 1.165) is 22.2 Å². The van der Waals surface area contributed by atoms with Gasteiger partial charge in [-0.1, -0.05) is 18.2 Å². The van der Waals surface area contributed by atoms with E-state index < -0.39 is 18.7 Å². The second kappa shape index (κ2) is 5.54. The van der Waals surface area contributed by atoms with Gasteiger partial charge in [-0.05, 0) is 18.6 Å². The van der Waals surface area contributed by atoms with Gasteiger partial charge in [0, 0.05) is 16.6 Å². The van der Waals surface area contributed by atoms with Crippen molar-refractivity contribution in [3.05, 3.63) is 35.5 Å². The van der Waals surface area contributed by atoms with Crippen molar-refractivity contribution in [2.45, 2.75) is 19.5 Å². The summed E-state index contributed by atoms with van der Waals surface area (Å²) in [5, 5.41) is 0.871. The first-order valence-electron chi connectivity index (χ1n) is 5.90. The summed E-state index contributed by atoms with van der Waals surface area (Å²) in [7, 11) is 0. The molecule has 0 aliphatic heterocycles. The highest BCUT2D eigenvalue weighted by atomic mass is 19.4. The van der Waals surface area contributed by atoms with Crippen LogP contribution in [0.25, 0.3) is 10.9 Å². The predicted molar refractivity (Wildman–Crippen MR) is 66.9 cm³/mol. The summed E-state index contributed by atoms with van der Waals surface area (Å²) in [6.07, 6.45) is -4.52. The molecule has 0 saturated heterocycles. The molecule has 0 fully saturated rings. The van der Waals surface area contributed by atoms with Gasteiger partial charge in [0.05, 0.1) is 6.42 Å². The summed E-state index contributed by atoms with van der Waals surface area (Å²) >= 11 is 0. The van der Waals surface area contributed by atoms with Gasteiger partial charge in [-0.2, -0.15) is 13.2 Å². The van der Waals surface area contributed by atoms with Gasteiger partial charge in [-0.15, -0.1) is 0 Å². The fourth-order valence-electron chi connectivity index (χ4n) is 1.96. The SMILES string of the molecule is Cc1[nH]c2ccccc2c1CC(=O)NOCC(F)(F)F. The fourth-order valence-corrected chi connectivity index (χ4v) is 1.96. The Bertz CT molecular complexity index is 620. The molecule has 0 radical (unpaired) electrons. The van der Waals surface area contributed by atoms with Crippen molar-refractivity contribution < 1.29 is 22.8 Å². The second-order valence-corrected chi connectivity index (χ2v) is 4.38. The zero-order valence-electron chi connectivity index (χ0n) is 10.7. The number of benzene rings is 1. The minimum atomic E-state index is -4.47. The number of carbonyl (C=O) groups is 1. The monoisotopic (exact) mass is 286 g/mol. The predicted octanol–water partition coefficient (Wildman–Crippen LogP) is 2.63. The van der Waals surface area contributed by atoms with Gasteiger partial charge < -0.3 is 4.98 Å². The van der Waals surface area contributed by atoms with Crippen molar-refractivity contribution >= 4 is 16.8 Å². The molecule has 1 heterocycles. The molecule has 1 amide bonds. The Morgan fingerprint density at radius 1 is 1.35 bits per heavy atom. The van der Waals surface area contributed by atoms with Crippen LogP contribution < -0.4 is 5.48 Å². The summed E-state index contributed by atoms with van der Waals surface area (Å²) in [5.74, 6) is -0.623. The first-order chi connectivity index (χ1) is 9.37. The number of fused-ring (bicyclic) bond motifs is 1. The van der Waals surface area contributed by atoms with Crippen LogP contribution in [0.4, 0.5) is 13.2 Å². The van der Waals surface area contributed by atoms with Gasteiger partial charge >= 0.3 is 6.18 Å². The number of nitrogens with one attached hydrogen (secondary N) is 2. The lowest BCUT2D eigenvalue weighted by atomic mass is 10.1. The van der Waals surface area contributed by atoms with Gasteiger partial charge in [-0.25, -0.2) is 5.48 Å². The fraction of sp³-hybridized carbons (Fsp3) is 0.308. The molecule has 108 valence electrons. The molecular weight excluding hydrogens is 273 g/mol. The van der Waals surface area contributed by atoms with Crippen LogP contribution in [0.1, 0.15) is 11.3 Å². The molecule has 2 rings (SSSR count). The average Bonchev–Trinajstić information content (AvgIpc) is 2.64. The number of carbonyl (C=O) groups excluding carboxylic acids is 1. The lowest BCUT2D eigenvalue weighted by Gasteiger charge is -2.08. The van der Waals surface area contributed by atoms with Crippen LogP contribution in [-0.2, 0) is 16.1 Å². The van der Waals surface area contributed by atoms with Crippen molar-refractivity contribution in [2.24, 2.45) is 0 Å². The second-order valence-electron chi connectivity index (χ2n) is 4.38. The highest BCUT2D eigenvalue weighted by Crippen LogP contribution is 2.22. The number of alkyl halides is 3. The number of para-hydroxylation sites is 1. The molecule has 0 bridgehead atoms. The standard InChI is InChI=1S/C13H13F3N2O2/c1-8-10(9-4-2-3-5-11(9)17-8)6-12(19)18-20-7-13(14,15)16/h2-5,17H,6-7H2,1H3,(H,18,19). The molecule has 7 heteroatoms. The van der Waals surface area contributed by atoms with Gasteiger partial charge in [0.15, 0.2) is 6.61 Å². The third-order valence-corrected chi connectivity index (χ3v) is 2.79. The third-order valence-electron chi connectivity index (χ3n) is 2.79. The number of hydrogen-bond acceptors (Lipinski definition) is 2. The minimum Gasteiger partial charge on any atom is -0.358 e. The Morgan fingerprint density at radius 2 is 2.05 bits per heavy atom. The molecule has 0 unspecified atom stereocenters. The first-order valence-corrected chi connectivity index (χ1v) is 5.90. The number of halogens is 3. The zero-order valence-corrected chi connectivity index (χ0v) is 10.7. The van der Waals surface area contributed by atoms with Crippen molar-refractivity contribution in [2.75, 3.05) is 6.61 Å². The minimum absolute atomic E-state index is 0.0479. The lowest BCUT2D eigenvalue weighted by Crippen LogP contribution is -2.30. The number of amides is 1. The number of hydrogen-bond donors (Lipinski definition) is 2. The number of aryl methyl sites for hydroxylation is 1. The normalized spacial score (nSPS) is 11.8. The number of aromatic amines is 1. The third kappa shape index (κ3) is 3.51. The van der Waals surface area contributed by atoms with E-state index >= 15 is 0 Å². The maximum atomic E-state index is 11.9. The zero-order chi connectivity index (χ0) is 14.8. The highest BCUT2D eigenvalue weighted by Gasteiger charge is 2.28. The molecular formula is C13H13F3N2O2. The average molecular weight is 286 g/mol. The Kier molecular flexibility index (Phi) is 3.99. The van der Waals surface area contributed by atoms with Crippen LogP contribution >= 0.6 is 0 Å². The van der Waals surface area contributed by atoms with E-state index in [2.05, 4.69) is 9.82 Å². The molecule has 0 saturated carbocycles. The van der Waals surface area contributed by atoms with E-state index in [4.69, 9.17) is 0 Å². The van der Waals surface area contributed by atoms with E-state index in [-0.39, 0.29) is 6.42 Å². The maximum Gasteiger partial charge on any atom is 0.414 e. The number of rotatable bonds is 4. The Balaban J connectivity index is 2.01. The molecule has 4 nitrogen and oxygen atoms in total. The Hall–Kier alpha value is -2.02. The molecule has 2 N–H and O–H groups in total. The summed E-state index contributed by atoms with van der Waals surface area (Å²) in [6.45, 7) is 0.296. The van der Waals surface area contributed by atoms with Crippen LogP contribution in [0.15, 0.2) is 24.3 Å². The van der Waals surface area contributed by atoms with Crippen molar-refractivity contribution in [3.8, 4) is 0 Å². The number of H-pyrrole nitrogens is 1. The van der Waals surface area contributed by atoms with E-state index in [1.807, 2.05) is 24.3 Å². The largest absolute Gasteiger partial charge is 0.414 e.